The Balaban J connectivity index is 3.29. The highest BCUT2D eigenvalue weighted by Crippen LogP contribution is 2.10. The van der Waals surface area contributed by atoms with Gasteiger partial charge < -0.3 is 10.6 Å². The number of carbonyl (C=O) groups is 2. The fraction of sp³-hybridized carbons (Fsp3) is 0.818. The number of allylic oxidation sites excluding steroid dienone is 2. The van der Waals surface area contributed by atoms with Crippen LogP contribution in [0.3, 0.4) is 0 Å². The molecule has 0 aromatic heterocycles. The number of hydrogen-bond acceptors (Lipinski definition) is 2. The summed E-state index contributed by atoms with van der Waals surface area (Å²) in [6, 6.07) is 0. The summed E-state index contributed by atoms with van der Waals surface area (Å²) in [4.78, 5) is 24.4. The molecule has 0 aliphatic rings. The van der Waals surface area contributed by atoms with Gasteiger partial charge in [0.15, 0.2) is 0 Å². The highest BCUT2D eigenvalue weighted by molar-refractivity contribution is 5.76. The van der Waals surface area contributed by atoms with Crippen molar-refractivity contribution >= 4 is 11.8 Å². The van der Waals surface area contributed by atoms with Crippen molar-refractivity contribution in [1.29, 1.82) is 0 Å². The second kappa shape index (κ2) is 18.5. The van der Waals surface area contributed by atoms with Crippen molar-refractivity contribution in [1.82, 2.24) is 4.90 Å². The SMILES string of the molecule is CCN(CC)C(=O)CCCCCCC/C=C\CCCCCCCC(N)=O. The first-order valence-electron chi connectivity index (χ1n) is 10.8. The van der Waals surface area contributed by atoms with Crippen LogP contribution in [-0.4, -0.2) is 29.8 Å². The van der Waals surface area contributed by atoms with Gasteiger partial charge in [-0.05, 0) is 52.4 Å². The van der Waals surface area contributed by atoms with Gasteiger partial charge in [0.1, 0.15) is 0 Å². The second-order valence-corrected chi connectivity index (χ2v) is 7.12. The third-order valence-corrected chi connectivity index (χ3v) is 4.84. The van der Waals surface area contributed by atoms with Crippen molar-refractivity contribution in [3.8, 4) is 0 Å². The van der Waals surface area contributed by atoms with E-state index in [0.717, 1.165) is 32.4 Å². The summed E-state index contributed by atoms with van der Waals surface area (Å²) in [5.41, 5.74) is 5.12. The largest absolute Gasteiger partial charge is 0.370 e. The van der Waals surface area contributed by atoms with Crippen LogP contribution in [0.2, 0.25) is 0 Å². The van der Waals surface area contributed by atoms with E-state index >= 15 is 0 Å². The van der Waals surface area contributed by atoms with E-state index in [1.807, 2.05) is 18.7 Å². The van der Waals surface area contributed by atoms with Crippen LogP contribution in [0.4, 0.5) is 0 Å². The summed E-state index contributed by atoms with van der Waals surface area (Å²) >= 11 is 0. The molecule has 2 amide bonds. The molecule has 0 spiro atoms. The number of hydrogen-bond donors (Lipinski definition) is 1. The number of carbonyl (C=O) groups excluding carboxylic acids is 2. The van der Waals surface area contributed by atoms with Gasteiger partial charge in [-0.2, -0.15) is 0 Å². The zero-order valence-corrected chi connectivity index (χ0v) is 17.3. The molecule has 0 radical (unpaired) electrons. The molecule has 26 heavy (non-hydrogen) atoms. The molecule has 4 heteroatoms. The molecule has 0 aliphatic carbocycles. The van der Waals surface area contributed by atoms with E-state index in [4.69, 9.17) is 5.73 Å². The first-order chi connectivity index (χ1) is 12.6. The Kier molecular flexibility index (Phi) is 17.5. The van der Waals surface area contributed by atoms with E-state index in [9.17, 15) is 9.59 Å². The van der Waals surface area contributed by atoms with E-state index in [0.29, 0.717) is 18.7 Å². The molecule has 0 aromatic carbocycles. The molecule has 0 atom stereocenters. The minimum Gasteiger partial charge on any atom is -0.370 e. The van der Waals surface area contributed by atoms with Crippen molar-refractivity contribution < 1.29 is 9.59 Å². The Hall–Kier alpha value is -1.32. The van der Waals surface area contributed by atoms with Crippen LogP contribution in [0, 0.1) is 0 Å². The van der Waals surface area contributed by atoms with Gasteiger partial charge in [-0.1, -0.05) is 50.7 Å². The lowest BCUT2D eigenvalue weighted by atomic mass is 10.1. The third-order valence-electron chi connectivity index (χ3n) is 4.84. The molecule has 0 saturated carbocycles. The topological polar surface area (TPSA) is 63.4 Å². The van der Waals surface area contributed by atoms with Gasteiger partial charge in [-0.3, -0.25) is 9.59 Å². The monoisotopic (exact) mass is 366 g/mol. The average molecular weight is 367 g/mol. The predicted molar refractivity (Wildman–Crippen MR) is 111 cm³/mol. The molecule has 0 aliphatic heterocycles. The molecule has 2 N–H and O–H groups in total. The van der Waals surface area contributed by atoms with Crippen LogP contribution in [0.1, 0.15) is 104 Å². The Morgan fingerprint density at radius 2 is 1.12 bits per heavy atom. The molecule has 0 rings (SSSR count). The Morgan fingerprint density at radius 1 is 0.692 bits per heavy atom. The van der Waals surface area contributed by atoms with Crippen LogP contribution >= 0.6 is 0 Å². The van der Waals surface area contributed by atoms with Crippen LogP contribution in [0.5, 0.6) is 0 Å². The lowest BCUT2D eigenvalue weighted by molar-refractivity contribution is -0.131. The van der Waals surface area contributed by atoms with Gasteiger partial charge in [0.2, 0.25) is 11.8 Å². The maximum atomic E-state index is 11.9. The maximum Gasteiger partial charge on any atom is 0.222 e. The average Bonchev–Trinajstić information content (AvgIpc) is 2.62. The summed E-state index contributed by atoms with van der Waals surface area (Å²) in [5, 5.41) is 0. The Labute approximate surface area is 161 Å². The quantitative estimate of drug-likeness (QED) is 0.262. The fourth-order valence-electron chi connectivity index (χ4n) is 3.13. The van der Waals surface area contributed by atoms with Crippen molar-refractivity contribution in [2.45, 2.75) is 104 Å². The maximum absolute atomic E-state index is 11.9. The fourth-order valence-corrected chi connectivity index (χ4v) is 3.13. The van der Waals surface area contributed by atoms with Gasteiger partial charge in [0.05, 0.1) is 0 Å². The highest BCUT2D eigenvalue weighted by Gasteiger charge is 2.07. The lowest BCUT2D eigenvalue weighted by Crippen LogP contribution is -2.30. The first-order valence-corrected chi connectivity index (χ1v) is 10.8. The lowest BCUT2D eigenvalue weighted by Gasteiger charge is -2.18. The van der Waals surface area contributed by atoms with Crippen LogP contribution in [-0.2, 0) is 9.59 Å². The number of unbranched alkanes of at least 4 members (excludes halogenated alkanes) is 10. The molecule has 0 fully saturated rings. The normalized spacial score (nSPS) is 11.2. The van der Waals surface area contributed by atoms with Gasteiger partial charge in [0, 0.05) is 25.9 Å². The van der Waals surface area contributed by atoms with E-state index in [1.165, 1.54) is 57.8 Å². The Morgan fingerprint density at radius 3 is 1.58 bits per heavy atom. The first kappa shape index (κ1) is 24.7. The van der Waals surface area contributed by atoms with Crippen LogP contribution in [0.25, 0.3) is 0 Å². The number of primary amides is 1. The van der Waals surface area contributed by atoms with Crippen LogP contribution in [0.15, 0.2) is 12.2 Å². The highest BCUT2D eigenvalue weighted by atomic mass is 16.2. The van der Waals surface area contributed by atoms with Gasteiger partial charge in [-0.15, -0.1) is 0 Å². The van der Waals surface area contributed by atoms with Crippen molar-refractivity contribution in [2.24, 2.45) is 5.73 Å². The standard InChI is InChI=1S/C22H42N2O2/c1-3-24(4-2)22(26)20-18-16-14-12-10-8-6-5-7-9-11-13-15-17-19-21(23)25/h5-6H,3-4,7-20H2,1-2H3,(H2,23,25)/b6-5-. The van der Waals surface area contributed by atoms with Crippen molar-refractivity contribution in [3.63, 3.8) is 0 Å². The molecular formula is C22H42N2O2. The van der Waals surface area contributed by atoms with E-state index in [1.54, 1.807) is 0 Å². The zero-order valence-electron chi connectivity index (χ0n) is 17.3. The Bertz CT molecular complexity index is 376. The molecule has 4 nitrogen and oxygen atoms in total. The minimum atomic E-state index is -0.180. The number of nitrogens with zero attached hydrogens (tertiary/aromatic N) is 1. The summed E-state index contributed by atoms with van der Waals surface area (Å²) in [6.07, 6.45) is 19.9. The summed E-state index contributed by atoms with van der Waals surface area (Å²) < 4.78 is 0. The minimum absolute atomic E-state index is 0.180. The molecule has 152 valence electrons. The number of rotatable bonds is 18. The molecule has 0 heterocycles. The zero-order chi connectivity index (χ0) is 19.5. The predicted octanol–water partition coefficient (Wildman–Crippen LogP) is 5.36. The molecule has 0 unspecified atom stereocenters. The van der Waals surface area contributed by atoms with Crippen molar-refractivity contribution in [2.75, 3.05) is 13.1 Å². The second-order valence-electron chi connectivity index (χ2n) is 7.12. The molecule has 0 bridgehead atoms. The van der Waals surface area contributed by atoms with Gasteiger partial charge in [-0.25, -0.2) is 0 Å². The molecular weight excluding hydrogens is 324 g/mol. The van der Waals surface area contributed by atoms with Crippen LogP contribution < -0.4 is 5.73 Å². The summed E-state index contributed by atoms with van der Waals surface area (Å²) in [5.74, 6) is 0.131. The smallest absolute Gasteiger partial charge is 0.222 e. The number of amides is 2. The summed E-state index contributed by atoms with van der Waals surface area (Å²) in [6.45, 7) is 5.75. The van der Waals surface area contributed by atoms with E-state index < -0.39 is 0 Å². The van der Waals surface area contributed by atoms with E-state index in [-0.39, 0.29) is 5.91 Å². The number of nitrogens with two attached hydrogens (primary N) is 1. The van der Waals surface area contributed by atoms with Gasteiger partial charge >= 0.3 is 0 Å². The third kappa shape index (κ3) is 16.2. The molecule has 0 saturated heterocycles. The molecule has 0 aromatic rings. The van der Waals surface area contributed by atoms with E-state index in [2.05, 4.69) is 12.2 Å². The summed E-state index contributed by atoms with van der Waals surface area (Å²) in [7, 11) is 0. The van der Waals surface area contributed by atoms with Crippen molar-refractivity contribution in [3.05, 3.63) is 12.2 Å². The van der Waals surface area contributed by atoms with Gasteiger partial charge in [0.25, 0.3) is 0 Å².